The number of aliphatic hydroxyl groups is 1. The molecule has 1 N–H and O–H groups in total. The van der Waals surface area contributed by atoms with Crippen LogP contribution in [0, 0.1) is 11.6 Å². The Bertz CT molecular complexity index is 681. The van der Waals surface area contributed by atoms with Gasteiger partial charge in [0.1, 0.15) is 0 Å². The minimum absolute atomic E-state index is 0.123. The van der Waals surface area contributed by atoms with E-state index in [0.29, 0.717) is 13.0 Å². The zero-order valence-corrected chi connectivity index (χ0v) is 14.2. The van der Waals surface area contributed by atoms with Gasteiger partial charge in [0, 0.05) is 45.4 Å². The Labute approximate surface area is 147 Å². The fourth-order valence-corrected chi connectivity index (χ4v) is 3.45. The van der Waals surface area contributed by atoms with Crippen LogP contribution in [-0.2, 0) is 13.1 Å². The highest BCUT2D eigenvalue weighted by molar-refractivity contribution is 5.18. The Morgan fingerprint density at radius 1 is 0.920 bits per heavy atom. The van der Waals surface area contributed by atoms with Crippen molar-refractivity contribution in [2.24, 2.45) is 0 Å². The van der Waals surface area contributed by atoms with E-state index < -0.39 is 11.6 Å². The second-order valence-corrected chi connectivity index (χ2v) is 6.61. The van der Waals surface area contributed by atoms with E-state index in [9.17, 15) is 13.9 Å². The van der Waals surface area contributed by atoms with Crippen LogP contribution in [0.1, 0.15) is 17.5 Å². The number of rotatable bonds is 6. The fourth-order valence-electron chi connectivity index (χ4n) is 3.45. The molecule has 25 heavy (non-hydrogen) atoms. The van der Waals surface area contributed by atoms with Gasteiger partial charge in [0.05, 0.1) is 0 Å². The molecule has 5 heteroatoms. The molecule has 1 aliphatic heterocycles. The van der Waals surface area contributed by atoms with E-state index in [1.54, 1.807) is 6.07 Å². The van der Waals surface area contributed by atoms with Gasteiger partial charge in [0.2, 0.25) is 0 Å². The summed E-state index contributed by atoms with van der Waals surface area (Å²) in [6, 6.07) is 14.6. The second kappa shape index (κ2) is 8.52. The van der Waals surface area contributed by atoms with Crippen LogP contribution < -0.4 is 0 Å². The zero-order chi connectivity index (χ0) is 17.6. The number of nitrogens with zero attached hydrogens (tertiary/aromatic N) is 2. The number of hydrogen-bond donors (Lipinski definition) is 1. The van der Waals surface area contributed by atoms with Gasteiger partial charge in [-0.25, -0.2) is 8.78 Å². The van der Waals surface area contributed by atoms with Crippen LogP contribution in [0.25, 0.3) is 0 Å². The van der Waals surface area contributed by atoms with Gasteiger partial charge in [-0.2, -0.15) is 0 Å². The van der Waals surface area contributed by atoms with Crippen molar-refractivity contribution in [3.63, 3.8) is 0 Å². The second-order valence-electron chi connectivity index (χ2n) is 6.61. The smallest absolute Gasteiger partial charge is 0.159 e. The van der Waals surface area contributed by atoms with Crippen molar-refractivity contribution in [1.82, 2.24) is 9.80 Å². The Hall–Kier alpha value is -1.82. The minimum atomic E-state index is -0.816. The third-order valence-electron chi connectivity index (χ3n) is 4.77. The van der Waals surface area contributed by atoms with E-state index in [4.69, 9.17) is 0 Å². The van der Waals surface area contributed by atoms with Crippen LogP contribution >= 0.6 is 0 Å². The van der Waals surface area contributed by atoms with Gasteiger partial charge in [-0.05, 0) is 29.7 Å². The van der Waals surface area contributed by atoms with E-state index in [-0.39, 0.29) is 12.6 Å². The number of aliphatic hydroxyl groups excluding tert-OH is 1. The van der Waals surface area contributed by atoms with E-state index in [1.165, 1.54) is 17.7 Å². The molecule has 2 aromatic rings. The summed E-state index contributed by atoms with van der Waals surface area (Å²) >= 11 is 0. The lowest BCUT2D eigenvalue weighted by molar-refractivity contribution is 0.0499. The van der Waals surface area contributed by atoms with Crippen LogP contribution in [-0.4, -0.2) is 47.2 Å². The molecule has 134 valence electrons. The van der Waals surface area contributed by atoms with Gasteiger partial charge in [0.15, 0.2) is 11.6 Å². The molecule has 0 aromatic heterocycles. The monoisotopic (exact) mass is 346 g/mol. The lowest BCUT2D eigenvalue weighted by Crippen LogP contribution is -2.52. The average Bonchev–Trinajstić information content (AvgIpc) is 2.61. The van der Waals surface area contributed by atoms with Crippen LogP contribution in [0.3, 0.4) is 0 Å². The largest absolute Gasteiger partial charge is 0.396 e. The molecule has 1 atom stereocenters. The van der Waals surface area contributed by atoms with Gasteiger partial charge < -0.3 is 5.11 Å². The molecule has 0 bridgehead atoms. The lowest BCUT2D eigenvalue weighted by Gasteiger charge is -2.41. The highest BCUT2D eigenvalue weighted by atomic mass is 19.2. The quantitative estimate of drug-likeness (QED) is 0.871. The van der Waals surface area contributed by atoms with Gasteiger partial charge in [-0.1, -0.05) is 36.4 Å². The summed E-state index contributed by atoms with van der Waals surface area (Å²) in [7, 11) is 0. The Morgan fingerprint density at radius 2 is 1.72 bits per heavy atom. The normalized spacial score (nSPS) is 19.2. The molecular formula is C20H24F2N2O. The molecule has 1 unspecified atom stereocenters. The number of hydrogen-bond acceptors (Lipinski definition) is 3. The summed E-state index contributed by atoms with van der Waals surface area (Å²) in [6.07, 6.45) is 0.676. The standard InChI is InChI=1S/C20H24F2N2O/c21-19-7-6-17(12-20(19)22)14-24-10-9-23(15-18(24)8-11-25)13-16-4-2-1-3-5-16/h1-7,12,18,25H,8-11,13-15H2. The maximum absolute atomic E-state index is 13.4. The highest BCUT2D eigenvalue weighted by Gasteiger charge is 2.26. The summed E-state index contributed by atoms with van der Waals surface area (Å²) in [5.41, 5.74) is 2.04. The molecule has 0 saturated carbocycles. The minimum Gasteiger partial charge on any atom is -0.396 e. The van der Waals surface area contributed by atoms with Crippen molar-refractivity contribution in [2.75, 3.05) is 26.2 Å². The Kier molecular flexibility index (Phi) is 6.13. The average molecular weight is 346 g/mol. The Morgan fingerprint density at radius 3 is 2.44 bits per heavy atom. The zero-order valence-electron chi connectivity index (χ0n) is 14.2. The molecule has 3 rings (SSSR count). The molecule has 0 spiro atoms. The Balaban J connectivity index is 1.64. The topological polar surface area (TPSA) is 26.7 Å². The van der Waals surface area contributed by atoms with Crippen LogP contribution in [0.15, 0.2) is 48.5 Å². The number of piperazine rings is 1. The highest BCUT2D eigenvalue weighted by Crippen LogP contribution is 2.19. The number of benzene rings is 2. The van der Waals surface area contributed by atoms with Gasteiger partial charge >= 0.3 is 0 Å². The predicted molar refractivity (Wildman–Crippen MR) is 94.0 cm³/mol. The van der Waals surface area contributed by atoms with Crippen molar-refractivity contribution in [1.29, 1.82) is 0 Å². The maximum atomic E-state index is 13.4. The lowest BCUT2D eigenvalue weighted by atomic mass is 10.1. The van der Waals surface area contributed by atoms with E-state index in [0.717, 1.165) is 31.7 Å². The van der Waals surface area contributed by atoms with Gasteiger partial charge in [0.25, 0.3) is 0 Å². The van der Waals surface area contributed by atoms with E-state index in [2.05, 4.69) is 21.9 Å². The van der Waals surface area contributed by atoms with Crippen LogP contribution in [0.5, 0.6) is 0 Å². The fraction of sp³-hybridized carbons (Fsp3) is 0.400. The van der Waals surface area contributed by atoms with Crippen molar-refractivity contribution in [2.45, 2.75) is 25.6 Å². The van der Waals surface area contributed by atoms with Crippen molar-refractivity contribution in [3.8, 4) is 0 Å². The number of halogens is 2. The first-order valence-electron chi connectivity index (χ1n) is 8.71. The summed E-state index contributed by atoms with van der Waals surface area (Å²) in [5, 5.41) is 9.40. The van der Waals surface area contributed by atoms with Gasteiger partial charge in [-0.3, -0.25) is 9.80 Å². The first-order valence-corrected chi connectivity index (χ1v) is 8.71. The molecule has 3 nitrogen and oxygen atoms in total. The molecule has 1 heterocycles. The van der Waals surface area contributed by atoms with Crippen molar-refractivity contribution in [3.05, 3.63) is 71.3 Å². The maximum Gasteiger partial charge on any atom is 0.159 e. The summed E-state index contributed by atoms with van der Waals surface area (Å²) < 4.78 is 26.5. The van der Waals surface area contributed by atoms with Crippen LogP contribution in [0.4, 0.5) is 8.78 Å². The molecule has 1 fully saturated rings. The van der Waals surface area contributed by atoms with E-state index in [1.807, 2.05) is 18.2 Å². The van der Waals surface area contributed by atoms with Crippen molar-refractivity contribution >= 4 is 0 Å². The SMILES string of the molecule is OCCC1CN(Cc2ccccc2)CCN1Cc1ccc(F)c(F)c1. The summed E-state index contributed by atoms with van der Waals surface area (Å²) in [6.45, 7) is 4.21. The van der Waals surface area contributed by atoms with Gasteiger partial charge in [-0.15, -0.1) is 0 Å². The molecule has 0 aliphatic carbocycles. The van der Waals surface area contributed by atoms with E-state index >= 15 is 0 Å². The van der Waals surface area contributed by atoms with Crippen molar-refractivity contribution < 1.29 is 13.9 Å². The summed E-state index contributed by atoms with van der Waals surface area (Å²) in [4.78, 5) is 4.64. The predicted octanol–water partition coefficient (Wildman–Crippen LogP) is 3.03. The first-order chi connectivity index (χ1) is 12.2. The molecule has 0 radical (unpaired) electrons. The molecule has 2 aromatic carbocycles. The third kappa shape index (κ3) is 4.84. The molecule has 1 aliphatic rings. The molecule has 1 saturated heterocycles. The summed E-state index contributed by atoms with van der Waals surface area (Å²) in [5.74, 6) is -1.62. The first kappa shape index (κ1) is 18.0. The molecular weight excluding hydrogens is 322 g/mol. The van der Waals surface area contributed by atoms with Crippen LogP contribution in [0.2, 0.25) is 0 Å². The molecule has 0 amide bonds. The third-order valence-corrected chi connectivity index (χ3v) is 4.77.